The van der Waals surface area contributed by atoms with E-state index in [-0.39, 0.29) is 6.03 Å². The lowest BCUT2D eigenvalue weighted by Crippen LogP contribution is -2.20. The molecule has 1 aliphatic carbocycles. The second kappa shape index (κ2) is 6.18. The van der Waals surface area contributed by atoms with Crippen molar-refractivity contribution in [3.05, 3.63) is 40.1 Å². The van der Waals surface area contributed by atoms with E-state index in [4.69, 9.17) is 4.74 Å². The molecule has 5 heteroatoms. The van der Waals surface area contributed by atoms with Gasteiger partial charge in [-0.25, -0.2) is 4.79 Å². The molecule has 0 bridgehead atoms. The van der Waals surface area contributed by atoms with Gasteiger partial charge in [0.05, 0.1) is 12.8 Å². The van der Waals surface area contributed by atoms with Crippen LogP contribution >= 0.6 is 11.3 Å². The van der Waals surface area contributed by atoms with Gasteiger partial charge in [0.1, 0.15) is 5.75 Å². The Morgan fingerprint density at radius 3 is 2.95 bits per heavy atom. The molecule has 2 aromatic rings. The van der Waals surface area contributed by atoms with E-state index in [2.05, 4.69) is 10.6 Å². The minimum atomic E-state index is -0.213. The van der Waals surface area contributed by atoms with Crippen LogP contribution in [0.1, 0.15) is 23.3 Å². The van der Waals surface area contributed by atoms with Gasteiger partial charge in [0, 0.05) is 22.0 Å². The second-order valence-corrected chi connectivity index (χ2v) is 6.03. The van der Waals surface area contributed by atoms with Gasteiger partial charge in [-0.2, -0.15) is 0 Å². The second-order valence-electron chi connectivity index (χ2n) is 5.07. The van der Waals surface area contributed by atoms with Gasteiger partial charge in [-0.15, -0.1) is 11.3 Å². The summed E-state index contributed by atoms with van der Waals surface area (Å²) in [6.07, 6.45) is 4.66. The van der Waals surface area contributed by atoms with Gasteiger partial charge in [0.2, 0.25) is 0 Å². The van der Waals surface area contributed by atoms with Crippen molar-refractivity contribution in [2.75, 3.05) is 17.7 Å². The van der Waals surface area contributed by atoms with Crippen molar-refractivity contribution in [2.24, 2.45) is 0 Å². The number of benzene rings is 1. The molecule has 2 amide bonds. The number of thiophene rings is 1. The summed E-state index contributed by atoms with van der Waals surface area (Å²) in [5, 5.41) is 7.83. The van der Waals surface area contributed by atoms with Gasteiger partial charge in [-0.05, 0) is 43.4 Å². The number of urea groups is 1. The standard InChI is InChI=1S/C16H18N2O2S/c1-20-12-6-4-5-11(9-12)17-16(19)18-14-10-21-15-8-3-2-7-13(14)15/h4-6,9-10H,2-3,7-8H2,1H3,(H2,17,18,19). The van der Waals surface area contributed by atoms with Gasteiger partial charge in [0.25, 0.3) is 0 Å². The number of amides is 2. The molecule has 1 heterocycles. The fourth-order valence-corrected chi connectivity index (χ4v) is 3.66. The van der Waals surface area contributed by atoms with E-state index in [0.717, 1.165) is 30.0 Å². The van der Waals surface area contributed by atoms with E-state index in [1.807, 2.05) is 23.6 Å². The molecule has 110 valence electrons. The highest BCUT2D eigenvalue weighted by molar-refractivity contribution is 7.10. The molecule has 4 nitrogen and oxygen atoms in total. The number of rotatable bonds is 3. The van der Waals surface area contributed by atoms with Crippen LogP contribution in [0.25, 0.3) is 0 Å². The first-order valence-corrected chi connectivity index (χ1v) is 7.95. The third kappa shape index (κ3) is 3.19. The summed E-state index contributed by atoms with van der Waals surface area (Å²) in [7, 11) is 1.61. The molecular formula is C16H18N2O2S. The Bertz CT molecular complexity index is 651. The Morgan fingerprint density at radius 1 is 1.24 bits per heavy atom. The lowest BCUT2D eigenvalue weighted by atomic mass is 9.98. The molecule has 0 unspecified atom stereocenters. The van der Waals surface area contributed by atoms with Gasteiger partial charge >= 0.3 is 6.03 Å². The zero-order valence-electron chi connectivity index (χ0n) is 11.9. The van der Waals surface area contributed by atoms with Crippen LogP contribution in [0.2, 0.25) is 0 Å². The highest BCUT2D eigenvalue weighted by Crippen LogP contribution is 2.33. The summed E-state index contributed by atoms with van der Waals surface area (Å²) >= 11 is 1.74. The van der Waals surface area contributed by atoms with E-state index >= 15 is 0 Å². The van der Waals surface area contributed by atoms with E-state index in [1.54, 1.807) is 24.5 Å². The van der Waals surface area contributed by atoms with E-state index in [1.165, 1.54) is 23.3 Å². The maximum absolute atomic E-state index is 12.1. The minimum Gasteiger partial charge on any atom is -0.497 e. The number of anilines is 2. The van der Waals surface area contributed by atoms with E-state index < -0.39 is 0 Å². The molecule has 21 heavy (non-hydrogen) atoms. The maximum atomic E-state index is 12.1. The Morgan fingerprint density at radius 2 is 2.10 bits per heavy atom. The molecule has 1 aromatic heterocycles. The highest BCUT2D eigenvalue weighted by atomic mass is 32.1. The lowest BCUT2D eigenvalue weighted by molar-refractivity contribution is 0.262. The number of hydrogen-bond acceptors (Lipinski definition) is 3. The summed E-state index contributed by atoms with van der Waals surface area (Å²) in [5.41, 5.74) is 2.98. The van der Waals surface area contributed by atoms with Crippen molar-refractivity contribution >= 4 is 28.7 Å². The first-order chi connectivity index (χ1) is 10.3. The predicted octanol–water partition coefficient (Wildman–Crippen LogP) is 4.28. The maximum Gasteiger partial charge on any atom is 0.323 e. The number of ether oxygens (including phenoxy) is 1. The van der Waals surface area contributed by atoms with Crippen LogP contribution in [0.5, 0.6) is 5.75 Å². The van der Waals surface area contributed by atoms with Crippen LogP contribution in [-0.4, -0.2) is 13.1 Å². The molecule has 0 aliphatic heterocycles. The third-order valence-corrected chi connectivity index (χ3v) is 4.73. The molecule has 1 aromatic carbocycles. The van der Waals surface area contributed by atoms with Gasteiger partial charge < -0.3 is 15.4 Å². The predicted molar refractivity (Wildman–Crippen MR) is 86.6 cm³/mol. The highest BCUT2D eigenvalue weighted by Gasteiger charge is 2.16. The fourth-order valence-electron chi connectivity index (χ4n) is 2.58. The Balaban J connectivity index is 1.67. The number of aryl methyl sites for hydroxylation is 1. The minimum absolute atomic E-state index is 0.213. The van der Waals surface area contributed by atoms with Crippen molar-refractivity contribution in [3.63, 3.8) is 0 Å². The third-order valence-electron chi connectivity index (χ3n) is 3.64. The fraction of sp³-hybridized carbons (Fsp3) is 0.312. The molecule has 0 saturated carbocycles. The van der Waals surface area contributed by atoms with Crippen LogP contribution in [0.3, 0.4) is 0 Å². The SMILES string of the molecule is COc1cccc(NC(=O)Nc2csc3c2CCCC3)c1. The van der Waals surface area contributed by atoms with Crippen LogP contribution in [0, 0.1) is 0 Å². The molecule has 0 saturated heterocycles. The van der Waals surface area contributed by atoms with Crippen molar-refractivity contribution in [3.8, 4) is 5.75 Å². The molecular weight excluding hydrogens is 284 g/mol. The Hall–Kier alpha value is -2.01. The Kier molecular flexibility index (Phi) is 4.10. The number of fused-ring (bicyclic) bond motifs is 1. The van der Waals surface area contributed by atoms with Crippen molar-refractivity contribution in [2.45, 2.75) is 25.7 Å². The van der Waals surface area contributed by atoms with Crippen LogP contribution in [0.4, 0.5) is 16.2 Å². The zero-order valence-corrected chi connectivity index (χ0v) is 12.8. The largest absolute Gasteiger partial charge is 0.497 e. The topological polar surface area (TPSA) is 50.4 Å². The summed E-state index contributed by atoms with van der Waals surface area (Å²) < 4.78 is 5.15. The van der Waals surface area contributed by atoms with Crippen molar-refractivity contribution in [1.29, 1.82) is 0 Å². The summed E-state index contributed by atoms with van der Waals surface area (Å²) in [4.78, 5) is 13.5. The number of carbonyl (C=O) groups is 1. The molecule has 0 spiro atoms. The van der Waals surface area contributed by atoms with Crippen molar-refractivity contribution in [1.82, 2.24) is 0 Å². The van der Waals surface area contributed by atoms with Gasteiger partial charge in [-0.3, -0.25) is 0 Å². The van der Waals surface area contributed by atoms with E-state index in [9.17, 15) is 4.79 Å². The first-order valence-electron chi connectivity index (χ1n) is 7.07. The smallest absolute Gasteiger partial charge is 0.323 e. The van der Waals surface area contributed by atoms with Crippen LogP contribution in [0.15, 0.2) is 29.6 Å². The van der Waals surface area contributed by atoms with Crippen molar-refractivity contribution < 1.29 is 9.53 Å². The number of methoxy groups -OCH3 is 1. The van der Waals surface area contributed by atoms with Crippen LogP contribution < -0.4 is 15.4 Å². The summed E-state index contributed by atoms with van der Waals surface area (Å²) in [6.45, 7) is 0. The lowest BCUT2D eigenvalue weighted by Gasteiger charge is -2.13. The molecule has 0 radical (unpaired) electrons. The molecule has 3 rings (SSSR count). The normalized spacial score (nSPS) is 13.4. The average molecular weight is 302 g/mol. The molecule has 2 N–H and O–H groups in total. The molecule has 1 aliphatic rings. The number of carbonyl (C=O) groups excluding carboxylic acids is 1. The zero-order chi connectivity index (χ0) is 14.7. The molecule has 0 atom stereocenters. The molecule has 0 fully saturated rings. The van der Waals surface area contributed by atoms with Gasteiger partial charge in [0.15, 0.2) is 0 Å². The quantitative estimate of drug-likeness (QED) is 0.889. The summed E-state index contributed by atoms with van der Waals surface area (Å²) in [6, 6.07) is 7.11. The van der Waals surface area contributed by atoms with Crippen LogP contribution in [-0.2, 0) is 12.8 Å². The average Bonchev–Trinajstić information content (AvgIpc) is 2.91. The monoisotopic (exact) mass is 302 g/mol. The van der Waals surface area contributed by atoms with Gasteiger partial charge in [-0.1, -0.05) is 6.07 Å². The number of hydrogen-bond donors (Lipinski definition) is 2. The Labute approximate surface area is 128 Å². The summed E-state index contributed by atoms with van der Waals surface area (Å²) in [5.74, 6) is 0.723. The van der Waals surface area contributed by atoms with E-state index in [0.29, 0.717) is 0 Å². The first kappa shape index (κ1) is 13.9. The number of nitrogens with one attached hydrogen (secondary N) is 2.